The summed E-state index contributed by atoms with van der Waals surface area (Å²) in [5, 5.41) is 9.33. The summed E-state index contributed by atoms with van der Waals surface area (Å²) in [5.41, 5.74) is 6.89. The zero-order chi connectivity index (χ0) is 45.9. The minimum atomic E-state index is -0.181. The molecule has 0 fully saturated rings. The maximum atomic E-state index is 14.1. The van der Waals surface area contributed by atoms with Crippen LogP contribution in [0.2, 0.25) is 0 Å². The molecule has 6 aromatic heterocycles. The average Bonchev–Trinajstić information content (AvgIpc) is 4.16. The van der Waals surface area contributed by atoms with Crippen molar-refractivity contribution in [1.29, 1.82) is 0 Å². The van der Waals surface area contributed by atoms with Crippen LogP contribution in [0.4, 0.5) is 8.78 Å². The number of imidazole rings is 2. The first-order valence-corrected chi connectivity index (χ1v) is 21.9. The number of nitrogens with zero attached hydrogens (tertiary/aromatic N) is 12. The molecule has 2 aliphatic heterocycles. The number of benzene rings is 2. The van der Waals surface area contributed by atoms with E-state index in [1.807, 2.05) is 107 Å². The summed E-state index contributed by atoms with van der Waals surface area (Å²) in [6.07, 6.45) is 22.2. The molecule has 2 atom stereocenters. The fraction of sp³-hybridized carbons (Fsp3) is 0.280. The van der Waals surface area contributed by atoms with E-state index in [2.05, 4.69) is 30.1 Å². The Labute approximate surface area is 381 Å². The Hall–Kier alpha value is -7.62. The summed E-state index contributed by atoms with van der Waals surface area (Å²) in [6, 6.07) is 14.4. The van der Waals surface area contributed by atoms with E-state index in [0.29, 0.717) is 45.9 Å². The van der Waals surface area contributed by atoms with Crippen molar-refractivity contribution in [2.24, 2.45) is 0 Å². The normalized spacial score (nSPS) is 15.7. The van der Waals surface area contributed by atoms with Gasteiger partial charge in [0.1, 0.15) is 35.9 Å². The van der Waals surface area contributed by atoms with Crippen LogP contribution >= 0.6 is 0 Å². The molecule has 8 aromatic rings. The largest absolute Gasteiger partial charge is 0.493 e. The van der Waals surface area contributed by atoms with Crippen LogP contribution < -0.4 is 9.47 Å². The van der Waals surface area contributed by atoms with Crippen molar-refractivity contribution in [3.63, 3.8) is 0 Å². The molecule has 10 rings (SSSR count). The maximum absolute atomic E-state index is 14.1. The van der Waals surface area contributed by atoms with Crippen LogP contribution in [0.15, 0.2) is 86.0 Å². The van der Waals surface area contributed by atoms with E-state index < -0.39 is 0 Å². The van der Waals surface area contributed by atoms with Gasteiger partial charge in [0.25, 0.3) is 0 Å². The van der Waals surface area contributed by atoms with Gasteiger partial charge in [-0.1, -0.05) is 24.3 Å². The van der Waals surface area contributed by atoms with Crippen LogP contribution in [0.25, 0.3) is 35.9 Å². The molecule has 0 aliphatic carbocycles. The zero-order valence-electron chi connectivity index (χ0n) is 37.7. The van der Waals surface area contributed by atoms with Crippen LogP contribution in [-0.2, 0) is 13.1 Å². The molecule has 336 valence electrons. The van der Waals surface area contributed by atoms with Gasteiger partial charge in [0, 0.05) is 49.7 Å². The van der Waals surface area contributed by atoms with Crippen molar-refractivity contribution < 1.29 is 18.3 Å². The number of aryl methyl sites for hydroxylation is 4. The first-order chi connectivity index (χ1) is 32.1. The molecule has 0 spiro atoms. The third-order valence-electron chi connectivity index (χ3n) is 12.1. The van der Waals surface area contributed by atoms with Gasteiger partial charge < -0.3 is 9.47 Å². The van der Waals surface area contributed by atoms with Crippen LogP contribution in [-0.4, -0.2) is 72.8 Å². The van der Waals surface area contributed by atoms with Crippen molar-refractivity contribution in [2.75, 3.05) is 14.2 Å². The topological polar surface area (TPSA) is 141 Å². The van der Waals surface area contributed by atoms with E-state index in [4.69, 9.17) is 19.4 Å². The monoisotopic (exact) mass is 888 g/mol. The summed E-state index contributed by atoms with van der Waals surface area (Å²) >= 11 is 0. The number of hydrogen-bond acceptors (Lipinski definition) is 10. The van der Waals surface area contributed by atoms with E-state index in [1.54, 1.807) is 51.4 Å². The summed E-state index contributed by atoms with van der Waals surface area (Å²) < 4.78 is 46.9. The summed E-state index contributed by atoms with van der Waals surface area (Å²) in [7, 11) is 3.24. The average molecular weight is 889 g/mol. The van der Waals surface area contributed by atoms with E-state index in [0.717, 1.165) is 84.1 Å². The van der Waals surface area contributed by atoms with Crippen LogP contribution in [0.1, 0.15) is 106 Å². The Bertz CT molecular complexity index is 2880. The van der Waals surface area contributed by atoms with Gasteiger partial charge in [-0.2, -0.15) is 10.2 Å². The fourth-order valence-electron chi connectivity index (χ4n) is 8.66. The number of hydrogen-bond donors (Lipinski definition) is 0. The Morgan fingerprint density at radius 2 is 1.03 bits per heavy atom. The number of halogens is 2. The number of methoxy groups -OCH3 is 2. The lowest BCUT2D eigenvalue weighted by molar-refractivity contribution is 0.410. The Balaban J connectivity index is 0.000000166. The molecule has 0 N–H and O–H groups in total. The summed E-state index contributed by atoms with van der Waals surface area (Å²) in [4.78, 5) is 27.2. The second kappa shape index (κ2) is 18.8. The molecule has 0 saturated heterocycles. The van der Waals surface area contributed by atoms with Crippen molar-refractivity contribution in [3.05, 3.63) is 166 Å². The molecule has 16 heteroatoms. The number of pyridine rings is 2. The number of fused-ring (bicyclic) bond motifs is 2. The molecule has 2 aliphatic rings. The Morgan fingerprint density at radius 3 is 1.42 bits per heavy atom. The lowest BCUT2D eigenvalue weighted by atomic mass is 9.88. The zero-order valence-corrected chi connectivity index (χ0v) is 37.7. The quantitative estimate of drug-likeness (QED) is 0.130. The Morgan fingerprint density at radius 1 is 0.591 bits per heavy atom. The third kappa shape index (κ3) is 9.03. The van der Waals surface area contributed by atoms with Crippen molar-refractivity contribution in [3.8, 4) is 23.1 Å². The second-order valence-corrected chi connectivity index (χ2v) is 16.5. The minimum absolute atomic E-state index is 0.0452. The van der Waals surface area contributed by atoms with Gasteiger partial charge in [-0.05, 0) is 135 Å². The predicted molar refractivity (Wildman–Crippen MR) is 248 cm³/mol. The fourth-order valence-corrected chi connectivity index (χ4v) is 8.66. The van der Waals surface area contributed by atoms with E-state index in [1.165, 1.54) is 12.1 Å². The summed E-state index contributed by atoms with van der Waals surface area (Å²) in [5.74, 6) is 5.40. The van der Waals surface area contributed by atoms with Gasteiger partial charge >= 0.3 is 0 Å². The maximum Gasteiger partial charge on any atom is 0.180 e. The lowest BCUT2D eigenvalue weighted by Crippen LogP contribution is -2.18. The molecule has 0 bridgehead atoms. The molecule has 0 radical (unpaired) electrons. The molecule has 8 heterocycles. The highest BCUT2D eigenvalue weighted by molar-refractivity contribution is 5.69. The van der Waals surface area contributed by atoms with Crippen LogP contribution in [0.3, 0.4) is 0 Å². The van der Waals surface area contributed by atoms with Crippen molar-refractivity contribution in [2.45, 2.75) is 78.3 Å². The van der Waals surface area contributed by atoms with Gasteiger partial charge in [-0.3, -0.25) is 9.13 Å². The highest BCUT2D eigenvalue weighted by Crippen LogP contribution is 2.36. The third-order valence-corrected chi connectivity index (χ3v) is 12.1. The standard InChI is InChI=1S/2C25H25FN6O/c2*1-16-14-31(15-28-16)25-22(33-3)12-18(13-27-25)9-10-23-29-24-20(7-5-11-32(24)30-23)19-6-4-8-21(26)17(19)2/h2*4,6,8-10,12-15,20H,5,7,11H2,1-3H3/b2*10-9+/t2*20-/m10/s1. The van der Waals surface area contributed by atoms with E-state index in [-0.39, 0.29) is 23.5 Å². The highest BCUT2D eigenvalue weighted by atomic mass is 19.1. The summed E-state index contributed by atoms with van der Waals surface area (Å²) in [6.45, 7) is 9.15. The Kier molecular flexibility index (Phi) is 12.5. The number of aromatic nitrogens is 12. The molecule has 0 unspecified atom stereocenters. The molecule has 0 amide bonds. The molecular formula is C50H50F2N12O2. The van der Waals surface area contributed by atoms with Gasteiger partial charge in [0.05, 0.1) is 25.6 Å². The van der Waals surface area contributed by atoms with Gasteiger partial charge in [-0.15, -0.1) is 0 Å². The van der Waals surface area contributed by atoms with Crippen LogP contribution in [0, 0.1) is 39.3 Å². The lowest BCUT2D eigenvalue weighted by Gasteiger charge is -2.23. The second-order valence-electron chi connectivity index (χ2n) is 16.5. The number of rotatable bonds is 10. The highest BCUT2D eigenvalue weighted by Gasteiger charge is 2.29. The van der Waals surface area contributed by atoms with Crippen molar-refractivity contribution in [1.82, 2.24) is 58.6 Å². The van der Waals surface area contributed by atoms with E-state index in [9.17, 15) is 8.78 Å². The van der Waals surface area contributed by atoms with Gasteiger partial charge in [-0.25, -0.2) is 48.0 Å². The molecule has 0 saturated carbocycles. The SMILES string of the molecule is COc1cc(/C=C/c2nc3n(n2)CCC[C@@H]3c2cccc(F)c2C)cnc1-n1cnc(C)c1.COc1cc(/C=C/c2nc3n(n2)CCC[C@H]3c2cccc(F)c2C)cnc1-n1cnc(C)c1. The molecule has 66 heavy (non-hydrogen) atoms. The predicted octanol–water partition coefficient (Wildman–Crippen LogP) is 9.44. The minimum Gasteiger partial charge on any atom is -0.493 e. The molecule has 14 nitrogen and oxygen atoms in total. The molecular weight excluding hydrogens is 839 g/mol. The van der Waals surface area contributed by atoms with E-state index >= 15 is 0 Å². The number of ether oxygens (including phenoxy) is 2. The van der Waals surface area contributed by atoms with Crippen LogP contribution in [0.5, 0.6) is 11.5 Å². The first-order valence-electron chi connectivity index (χ1n) is 21.9. The van der Waals surface area contributed by atoms with Gasteiger partial charge in [0.2, 0.25) is 0 Å². The van der Waals surface area contributed by atoms with Gasteiger partial charge in [0.15, 0.2) is 34.8 Å². The smallest absolute Gasteiger partial charge is 0.180 e. The molecule has 2 aromatic carbocycles. The van der Waals surface area contributed by atoms with Crippen molar-refractivity contribution >= 4 is 24.3 Å². The first kappa shape index (κ1) is 43.6.